The van der Waals surface area contributed by atoms with Crippen LogP contribution in [0.2, 0.25) is 0 Å². The minimum absolute atomic E-state index is 0.265. The van der Waals surface area contributed by atoms with E-state index in [0.717, 1.165) is 26.0 Å². The summed E-state index contributed by atoms with van der Waals surface area (Å²) < 4.78 is 33.6. The number of aryl methyl sites for hydroxylation is 3. The van der Waals surface area contributed by atoms with Crippen LogP contribution in [0.15, 0.2) is 34.5 Å². The molecule has 3 rings (SSSR count). The van der Waals surface area contributed by atoms with E-state index in [9.17, 15) is 8.42 Å². The van der Waals surface area contributed by atoms with Crippen molar-refractivity contribution in [1.82, 2.24) is 4.98 Å². The van der Waals surface area contributed by atoms with E-state index in [2.05, 4.69) is 9.71 Å². The number of hydrogen-bond donors (Lipinski definition) is 1. The molecule has 132 valence electrons. The maximum absolute atomic E-state index is 12.9. The SMILES string of the molecule is COc1ccc(C)cc1NS(=O)(=O)c1cc(-c2csc(C)n2)sc1C. The zero-order chi connectivity index (χ0) is 18.2. The lowest BCUT2D eigenvalue weighted by Gasteiger charge is -2.12. The molecule has 0 radical (unpaired) electrons. The van der Waals surface area contributed by atoms with E-state index in [1.165, 1.54) is 18.4 Å². The van der Waals surface area contributed by atoms with Crippen LogP contribution in [0.5, 0.6) is 5.75 Å². The lowest BCUT2D eigenvalue weighted by atomic mass is 10.2. The molecule has 0 amide bonds. The number of anilines is 1. The van der Waals surface area contributed by atoms with Gasteiger partial charge in [-0.3, -0.25) is 4.72 Å². The van der Waals surface area contributed by atoms with Crippen LogP contribution >= 0.6 is 22.7 Å². The van der Waals surface area contributed by atoms with Crippen molar-refractivity contribution in [3.05, 3.63) is 45.1 Å². The van der Waals surface area contributed by atoms with Gasteiger partial charge >= 0.3 is 0 Å². The van der Waals surface area contributed by atoms with Gasteiger partial charge in [-0.05, 0) is 44.5 Å². The van der Waals surface area contributed by atoms with Crippen molar-refractivity contribution >= 4 is 38.4 Å². The third-order valence-electron chi connectivity index (χ3n) is 3.63. The van der Waals surface area contributed by atoms with Gasteiger partial charge < -0.3 is 4.74 Å². The first-order valence-corrected chi connectivity index (χ1v) is 10.7. The topological polar surface area (TPSA) is 68.3 Å². The van der Waals surface area contributed by atoms with Crippen LogP contribution in [0, 0.1) is 20.8 Å². The Morgan fingerprint density at radius 3 is 2.56 bits per heavy atom. The van der Waals surface area contributed by atoms with Crippen LogP contribution in [0.25, 0.3) is 10.6 Å². The molecule has 0 fully saturated rings. The third kappa shape index (κ3) is 3.70. The average Bonchev–Trinajstić information content (AvgIpc) is 3.13. The molecular weight excluding hydrogens is 376 g/mol. The molecule has 25 heavy (non-hydrogen) atoms. The Bertz CT molecular complexity index is 1020. The molecular formula is C17H18N2O3S3. The zero-order valence-corrected chi connectivity index (χ0v) is 16.7. The number of aromatic nitrogens is 1. The summed E-state index contributed by atoms with van der Waals surface area (Å²) in [5.41, 5.74) is 2.18. The van der Waals surface area contributed by atoms with Crippen LogP contribution in [-0.2, 0) is 10.0 Å². The third-order valence-corrected chi connectivity index (χ3v) is 7.10. The van der Waals surface area contributed by atoms with E-state index in [4.69, 9.17) is 4.74 Å². The number of thiazole rings is 1. The van der Waals surface area contributed by atoms with Crippen molar-refractivity contribution in [1.29, 1.82) is 0 Å². The van der Waals surface area contributed by atoms with E-state index in [-0.39, 0.29) is 4.90 Å². The molecule has 2 aromatic heterocycles. The largest absolute Gasteiger partial charge is 0.495 e. The molecule has 8 heteroatoms. The monoisotopic (exact) mass is 394 g/mol. The van der Waals surface area contributed by atoms with Crippen molar-refractivity contribution < 1.29 is 13.2 Å². The van der Waals surface area contributed by atoms with Gasteiger partial charge in [-0.25, -0.2) is 13.4 Å². The number of nitrogens with one attached hydrogen (secondary N) is 1. The highest BCUT2D eigenvalue weighted by atomic mass is 32.2. The summed E-state index contributed by atoms with van der Waals surface area (Å²) >= 11 is 2.97. The summed E-state index contributed by atoms with van der Waals surface area (Å²) in [5.74, 6) is 0.484. The Labute approximate surface area is 155 Å². The van der Waals surface area contributed by atoms with Crippen LogP contribution in [-0.4, -0.2) is 20.5 Å². The maximum atomic E-state index is 12.9. The van der Waals surface area contributed by atoms with Gasteiger partial charge in [-0.15, -0.1) is 22.7 Å². The smallest absolute Gasteiger partial charge is 0.263 e. The molecule has 0 aliphatic rings. The van der Waals surface area contributed by atoms with Gasteiger partial charge in [0.2, 0.25) is 0 Å². The zero-order valence-electron chi connectivity index (χ0n) is 14.3. The number of sulfonamides is 1. The quantitative estimate of drug-likeness (QED) is 0.686. The van der Waals surface area contributed by atoms with Crippen LogP contribution in [0.4, 0.5) is 5.69 Å². The van der Waals surface area contributed by atoms with E-state index in [1.54, 1.807) is 36.5 Å². The first-order chi connectivity index (χ1) is 11.8. The molecule has 3 aromatic rings. The second kappa shape index (κ2) is 6.78. The van der Waals surface area contributed by atoms with E-state index in [0.29, 0.717) is 11.4 Å². The minimum atomic E-state index is -3.72. The standard InChI is InChI=1S/C17H18N2O3S3/c1-10-5-6-15(22-4)13(7-10)19-25(20,21)17-8-16(24-11(17)2)14-9-23-12(3)18-14/h5-9,19H,1-4H3. The van der Waals surface area contributed by atoms with Crippen molar-refractivity contribution in [2.45, 2.75) is 25.7 Å². The van der Waals surface area contributed by atoms with Crippen molar-refractivity contribution in [2.75, 3.05) is 11.8 Å². The summed E-state index contributed by atoms with van der Waals surface area (Å²) in [6, 6.07) is 7.05. The first kappa shape index (κ1) is 17.9. The molecule has 0 bridgehead atoms. The fourth-order valence-electron chi connectivity index (χ4n) is 2.44. The second-order valence-corrected chi connectivity index (χ2v) is 9.56. The fourth-order valence-corrected chi connectivity index (χ4v) is 5.74. The van der Waals surface area contributed by atoms with Crippen molar-refractivity contribution in [3.8, 4) is 16.3 Å². The van der Waals surface area contributed by atoms with E-state index < -0.39 is 10.0 Å². The van der Waals surface area contributed by atoms with Gasteiger partial charge in [0.1, 0.15) is 10.6 Å². The molecule has 0 atom stereocenters. The Kier molecular flexibility index (Phi) is 4.86. The summed E-state index contributed by atoms with van der Waals surface area (Å²) in [4.78, 5) is 6.27. The molecule has 5 nitrogen and oxygen atoms in total. The predicted molar refractivity (Wildman–Crippen MR) is 103 cm³/mol. The summed E-state index contributed by atoms with van der Waals surface area (Å²) in [6.45, 7) is 5.63. The molecule has 0 aliphatic heterocycles. The van der Waals surface area contributed by atoms with Crippen LogP contribution < -0.4 is 9.46 Å². The maximum Gasteiger partial charge on any atom is 0.263 e. The number of rotatable bonds is 5. The Hall–Kier alpha value is -1.90. The van der Waals surface area contributed by atoms with Crippen LogP contribution in [0.3, 0.4) is 0 Å². The number of methoxy groups -OCH3 is 1. The molecule has 0 unspecified atom stereocenters. The highest BCUT2D eigenvalue weighted by Crippen LogP contribution is 2.35. The summed E-state index contributed by atoms with van der Waals surface area (Å²) in [7, 11) is -2.20. The van der Waals surface area contributed by atoms with Crippen LogP contribution in [0.1, 0.15) is 15.4 Å². The Balaban J connectivity index is 1.98. The normalized spacial score (nSPS) is 11.5. The lowest BCUT2D eigenvalue weighted by molar-refractivity contribution is 0.417. The van der Waals surface area contributed by atoms with Gasteiger partial charge in [0.15, 0.2) is 0 Å². The molecule has 0 aliphatic carbocycles. The summed E-state index contributed by atoms with van der Waals surface area (Å²) in [5, 5.41) is 2.89. The number of benzene rings is 1. The number of hydrogen-bond acceptors (Lipinski definition) is 6. The van der Waals surface area contributed by atoms with Gasteiger partial charge in [-0.2, -0.15) is 0 Å². The Morgan fingerprint density at radius 2 is 1.92 bits per heavy atom. The highest BCUT2D eigenvalue weighted by Gasteiger charge is 2.22. The second-order valence-electron chi connectivity index (χ2n) is 5.59. The van der Waals surface area contributed by atoms with Gasteiger partial charge in [-0.1, -0.05) is 6.07 Å². The molecule has 0 spiro atoms. The van der Waals surface area contributed by atoms with Crippen molar-refractivity contribution in [3.63, 3.8) is 0 Å². The number of ether oxygens (including phenoxy) is 1. The highest BCUT2D eigenvalue weighted by molar-refractivity contribution is 7.93. The van der Waals surface area contributed by atoms with Gasteiger partial charge in [0.05, 0.1) is 28.4 Å². The number of thiophene rings is 1. The molecule has 1 aromatic carbocycles. The van der Waals surface area contributed by atoms with E-state index in [1.807, 2.05) is 25.3 Å². The average molecular weight is 395 g/mol. The molecule has 0 saturated carbocycles. The molecule has 2 heterocycles. The van der Waals surface area contributed by atoms with Gasteiger partial charge in [0, 0.05) is 10.3 Å². The summed E-state index contributed by atoms with van der Waals surface area (Å²) in [6.07, 6.45) is 0. The Morgan fingerprint density at radius 1 is 1.16 bits per heavy atom. The van der Waals surface area contributed by atoms with E-state index >= 15 is 0 Å². The van der Waals surface area contributed by atoms with Gasteiger partial charge in [0.25, 0.3) is 10.0 Å². The number of nitrogens with zero attached hydrogens (tertiary/aromatic N) is 1. The van der Waals surface area contributed by atoms with Crippen molar-refractivity contribution in [2.24, 2.45) is 0 Å². The fraction of sp³-hybridized carbons (Fsp3) is 0.235. The molecule has 0 saturated heterocycles. The lowest BCUT2D eigenvalue weighted by Crippen LogP contribution is -2.14. The minimum Gasteiger partial charge on any atom is -0.495 e. The predicted octanol–water partition coefficient (Wildman–Crippen LogP) is 4.61. The molecule has 1 N–H and O–H groups in total. The first-order valence-electron chi connectivity index (χ1n) is 7.50.